The number of methoxy groups -OCH3 is 2. The molecule has 208 valence electrons. The summed E-state index contributed by atoms with van der Waals surface area (Å²) in [5, 5.41) is 9.25. The van der Waals surface area contributed by atoms with E-state index in [0.717, 1.165) is 34.6 Å². The van der Waals surface area contributed by atoms with Crippen molar-refractivity contribution in [2.24, 2.45) is 0 Å². The highest BCUT2D eigenvalue weighted by atomic mass is 35.5. The first-order valence-electron chi connectivity index (χ1n) is 12.5. The van der Waals surface area contributed by atoms with E-state index < -0.39 is 0 Å². The molecular formula is C32H36Cl2O5. The number of hydrogen-bond acceptors (Lipinski definition) is 5. The smallest absolute Gasteiger partial charge is 0.161 e. The number of aryl methyl sites for hydroxylation is 1. The largest absolute Gasteiger partial charge is 0.493 e. The summed E-state index contributed by atoms with van der Waals surface area (Å²) in [7, 11) is 3.26. The van der Waals surface area contributed by atoms with E-state index >= 15 is 0 Å². The highest BCUT2D eigenvalue weighted by Crippen LogP contribution is 2.30. The summed E-state index contributed by atoms with van der Waals surface area (Å²) >= 11 is 9.53. The molecule has 0 unspecified atom stereocenters. The zero-order chi connectivity index (χ0) is 28.3. The lowest BCUT2D eigenvalue weighted by Gasteiger charge is -2.11. The normalized spacial score (nSPS) is 9.79. The minimum atomic E-state index is -0.00464. The second kappa shape index (κ2) is 18.8. The maximum Gasteiger partial charge on any atom is 0.161 e. The molecular weight excluding hydrogens is 535 g/mol. The molecule has 0 atom stereocenters. The minimum absolute atomic E-state index is 0.00464. The molecule has 0 bridgehead atoms. The summed E-state index contributed by atoms with van der Waals surface area (Å²) in [4.78, 5) is 0. The zero-order valence-corrected chi connectivity index (χ0v) is 24.1. The minimum Gasteiger partial charge on any atom is -0.493 e. The van der Waals surface area contributed by atoms with E-state index in [9.17, 15) is 0 Å². The standard InChI is InChI=1S/C16H18O2.C15H16O3.CH2Cl2/c1-3-13-9-10-15(16(11-13)17-2)18-12-14-7-5-4-6-8-14;1-17-15-9-13(10-16)7-8-14(15)18-11-12-5-3-2-4-6-12;2-1-3/h4-11H,3,12H2,1-2H3;2-9,16H,10-11H2,1H3;1H2. The Labute approximate surface area is 241 Å². The average molecular weight is 572 g/mol. The van der Waals surface area contributed by atoms with Gasteiger partial charge < -0.3 is 24.1 Å². The van der Waals surface area contributed by atoms with Crippen LogP contribution < -0.4 is 18.9 Å². The van der Waals surface area contributed by atoms with Gasteiger partial charge in [0.2, 0.25) is 0 Å². The molecule has 0 aliphatic heterocycles. The first-order valence-corrected chi connectivity index (χ1v) is 13.5. The van der Waals surface area contributed by atoms with Crippen molar-refractivity contribution in [1.29, 1.82) is 0 Å². The van der Waals surface area contributed by atoms with Gasteiger partial charge in [-0.15, -0.1) is 23.2 Å². The van der Waals surface area contributed by atoms with E-state index in [4.69, 9.17) is 47.3 Å². The van der Waals surface area contributed by atoms with Crippen LogP contribution in [0.1, 0.15) is 29.2 Å². The molecule has 4 aromatic carbocycles. The summed E-state index contributed by atoms with van der Waals surface area (Å²) in [6, 6.07) is 31.5. The van der Waals surface area contributed by atoms with Gasteiger partial charge in [0.05, 0.1) is 26.2 Å². The highest BCUT2D eigenvalue weighted by molar-refractivity contribution is 6.40. The van der Waals surface area contributed by atoms with E-state index in [1.165, 1.54) is 5.56 Å². The molecule has 4 aromatic rings. The van der Waals surface area contributed by atoms with E-state index in [1.807, 2.05) is 84.9 Å². The Morgan fingerprint density at radius 1 is 0.564 bits per heavy atom. The van der Waals surface area contributed by atoms with Crippen molar-refractivity contribution < 1.29 is 24.1 Å². The summed E-state index contributed by atoms with van der Waals surface area (Å²) in [5.74, 6) is 2.90. The molecule has 39 heavy (non-hydrogen) atoms. The van der Waals surface area contributed by atoms with E-state index in [2.05, 4.69) is 13.0 Å². The molecule has 0 aromatic heterocycles. The third-order valence-electron chi connectivity index (χ3n) is 5.52. The van der Waals surface area contributed by atoms with Gasteiger partial charge in [-0.2, -0.15) is 0 Å². The van der Waals surface area contributed by atoms with Crippen LogP contribution >= 0.6 is 23.2 Å². The fourth-order valence-electron chi connectivity index (χ4n) is 3.45. The van der Waals surface area contributed by atoms with Crippen LogP contribution in [0.2, 0.25) is 0 Å². The molecule has 5 nitrogen and oxygen atoms in total. The molecule has 0 aliphatic carbocycles. The second-order valence-electron chi connectivity index (χ2n) is 8.13. The van der Waals surface area contributed by atoms with Gasteiger partial charge in [0.1, 0.15) is 13.2 Å². The van der Waals surface area contributed by atoms with Gasteiger partial charge in [-0.1, -0.05) is 79.7 Å². The molecule has 0 aliphatic rings. The Kier molecular flexibility index (Phi) is 15.3. The van der Waals surface area contributed by atoms with Crippen LogP contribution in [0, 0.1) is 0 Å². The van der Waals surface area contributed by atoms with Gasteiger partial charge in [-0.3, -0.25) is 0 Å². The van der Waals surface area contributed by atoms with E-state index in [0.29, 0.717) is 24.7 Å². The molecule has 0 amide bonds. The van der Waals surface area contributed by atoms with Crippen molar-refractivity contribution in [3.05, 3.63) is 119 Å². The van der Waals surface area contributed by atoms with Crippen molar-refractivity contribution in [2.75, 3.05) is 19.6 Å². The first-order chi connectivity index (χ1) is 19.1. The summed E-state index contributed by atoms with van der Waals surface area (Å²) in [5.41, 5.74) is 4.31. The van der Waals surface area contributed by atoms with Crippen LogP contribution in [0.15, 0.2) is 97.1 Å². The van der Waals surface area contributed by atoms with Crippen LogP contribution in [0.4, 0.5) is 0 Å². The van der Waals surface area contributed by atoms with Gasteiger partial charge in [0.15, 0.2) is 23.0 Å². The summed E-state index contributed by atoms with van der Waals surface area (Å²) in [6.45, 7) is 3.17. The van der Waals surface area contributed by atoms with Crippen LogP contribution in [-0.4, -0.2) is 24.7 Å². The fraction of sp³-hybridized carbons (Fsp3) is 0.250. The lowest BCUT2D eigenvalue weighted by molar-refractivity contribution is 0.274. The number of ether oxygens (including phenoxy) is 4. The van der Waals surface area contributed by atoms with Crippen LogP contribution in [0.5, 0.6) is 23.0 Å². The van der Waals surface area contributed by atoms with Gasteiger partial charge in [-0.05, 0) is 52.9 Å². The molecule has 0 fully saturated rings. The molecule has 0 heterocycles. The molecule has 4 rings (SSSR count). The Balaban J connectivity index is 0.000000249. The molecule has 1 N–H and O–H groups in total. The summed E-state index contributed by atoms with van der Waals surface area (Å²) < 4.78 is 22.1. The maximum absolute atomic E-state index is 9.06. The highest BCUT2D eigenvalue weighted by Gasteiger charge is 2.06. The molecule has 7 heteroatoms. The molecule has 0 radical (unpaired) electrons. The van der Waals surface area contributed by atoms with Crippen LogP contribution in [-0.2, 0) is 26.2 Å². The predicted octanol–water partition coefficient (Wildman–Crippen LogP) is 8.02. The SMILES string of the molecule is CCc1ccc(OCc2ccccc2)c(OC)c1.COc1cc(CO)ccc1OCc1ccccc1.ClCCl. The molecule has 0 spiro atoms. The van der Waals surface area contributed by atoms with Gasteiger partial charge in [-0.25, -0.2) is 0 Å². The number of hydrogen-bond donors (Lipinski definition) is 1. The van der Waals surface area contributed by atoms with Crippen molar-refractivity contribution in [2.45, 2.75) is 33.2 Å². The monoisotopic (exact) mass is 570 g/mol. The van der Waals surface area contributed by atoms with E-state index in [-0.39, 0.29) is 11.9 Å². The third kappa shape index (κ3) is 11.5. The van der Waals surface area contributed by atoms with Crippen LogP contribution in [0.3, 0.4) is 0 Å². The number of rotatable bonds is 10. The third-order valence-corrected chi connectivity index (χ3v) is 5.52. The van der Waals surface area contributed by atoms with Crippen molar-refractivity contribution >= 4 is 23.2 Å². The van der Waals surface area contributed by atoms with Gasteiger partial charge in [0, 0.05) is 0 Å². The lowest BCUT2D eigenvalue weighted by Crippen LogP contribution is -1.98. The Morgan fingerprint density at radius 2 is 0.974 bits per heavy atom. The number of halogens is 2. The van der Waals surface area contributed by atoms with Gasteiger partial charge in [0.25, 0.3) is 0 Å². The Morgan fingerprint density at radius 3 is 1.36 bits per heavy atom. The van der Waals surface area contributed by atoms with Crippen molar-refractivity contribution in [3.8, 4) is 23.0 Å². The van der Waals surface area contributed by atoms with Crippen molar-refractivity contribution in [3.63, 3.8) is 0 Å². The number of alkyl halides is 2. The lowest BCUT2D eigenvalue weighted by atomic mass is 10.1. The topological polar surface area (TPSA) is 57.2 Å². The Bertz CT molecular complexity index is 1110. The maximum atomic E-state index is 9.06. The predicted molar refractivity (Wildman–Crippen MR) is 159 cm³/mol. The number of aliphatic hydroxyl groups excluding tert-OH is 1. The second-order valence-corrected chi connectivity index (χ2v) is 8.94. The summed E-state index contributed by atoms with van der Waals surface area (Å²) in [6.07, 6.45) is 0.995. The average Bonchev–Trinajstić information content (AvgIpc) is 3.00. The fourth-order valence-corrected chi connectivity index (χ4v) is 3.45. The number of benzene rings is 4. The molecule has 0 saturated heterocycles. The van der Waals surface area contributed by atoms with Crippen molar-refractivity contribution in [1.82, 2.24) is 0 Å². The quantitative estimate of drug-likeness (QED) is 0.195. The Hall–Kier alpha value is -3.38. The van der Waals surface area contributed by atoms with E-state index in [1.54, 1.807) is 20.3 Å². The molecule has 0 saturated carbocycles. The van der Waals surface area contributed by atoms with Gasteiger partial charge >= 0.3 is 0 Å². The zero-order valence-electron chi connectivity index (χ0n) is 22.6. The first kappa shape index (κ1) is 31.8. The number of aliphatic hydroxyl groups is 1. The van der Waals surface area contributed by atoms with Crippen LogP contribution in [0.25, 0.3) is 0 Å².